The van der Waals surface area contributed by atoms with Crippen LogP contribution in [0, 0.1) is 5.41 Å². The summed E-state index contributed by atoms with van der Waals surface area (Å²) in [7, 11) is 1.66. The van der Waals surface area contributed by atoms with Crippen LogP contribution in [0.4, 0.5) is 0 Å². The summed E-state index contributed by atoms with van der Waals surface area (Å²) in [5, 5.41) is 3.27. The van der Waals surface area contributed by atoms with Crippen LogP contribution >= 0.6 is 0 Å². The molecule has 3 heteroatoms. The molecule has 0 saturated carbocycles. The molecule has 1 atom stereocenters. The zero-order valence-corrected chi connectivity index (χ0v) is 11.2. The van der Waals surface area contributed by atoms with Crippen molar-refractivity contribution in [2.45, 2.75) is 26.2 Å². The summed E-state index contributed by atoms with van der Waals surface area (Å²) < 4.78 is 5.12. The van der Waals surface area contributed by atoms with E-state index in [0.717, 1.165) is 31.7 Å². The number of hydrogen-bond acceptors (Lipinski definition) is 3. The van der Waals surface area contributed by atoms with Crippen LogP contribution in [0.25, 0.3) is 0 Å². The molecule has 1 N–H and O–H groups in total. The average Bonchev–Trinajstić information content (AvgIpc) is 2.85. The van der Waals surface area contributed by atoms with Gasteiger partial charge in [0, 0.05) is 18.4 Å². The van der Waals surface area contributed by atoms with E-state index in [9.17, 15) is 4.79 Å². The molecule has 0 radical (unpaired) electrons. The van der Waals surface area contributed by atoms with E-state index in [-0.39, 0.29) is 5.41 Å². The number of rotatable bonds is 5. The normalized spacial score (nSPS) is 23.0. The highest BCUT2D eigenvalue weighted by atomic mass is 16.5. The van der Waals surface area contributed by atoms with Crippen molar-refractivity contribution < 1.29 is 9.53 Å². The summed E-state index contributed by atoms with van der Waals surface area (Å²) in [5.41, 5.74) is 1.05. The molecule has 1 heterocycles. The largest absolute Gasteiger partial charge is 0.497 e. The van der Waals surface area contributed by atoms with Crippen LogP contribution in [-0.2, 0) is 11.2 Å². The van der Waals surface area contributed by atoms with Crippen LogP contribution in [0.15, 0.2) is 24.3 Å². The summed E-state index contributed by atoms with van der Waals surface area (Å²) in [6.45, 7) is 3.86. The Hall–Kier alpha value is -1.35. The minimum Gasteiger partial charge on any atom is -0.497 e. The number of carbonyl (C=O) groups is 1. The van der Waals surface area contributed by atoms with E-state index in [1.165, 1.54) is 5.56 Å². The number of ketones is 1. The predicted octanol–water partition coefficient (Wildman–Crippen LogP) is 2.20. The molecule has 0 bridgehead atoms. The molecule has 1 unspecified atom stereocenters. The van der Waals surface area contributed by atoms with Crippen LogP contribution in [-0.4, -0.2) is 26.0 Å². The van der Waals surface area contributed by atoms with Gasteiger partial charge in [0.1, 0.15) is 11.5 Å². The molecular weight excluding hydrogens is 226 g/mol. The monoisotopic (exact) mass is 247 g/mol. The second kappa shape index (κ2) is 5.53. The number of aryl methyl sites for hydroxylation is 1. The molecule has 0 amide bonds. The zero-order chi connectivity index (χ0) is 13.0. The van der Waals surface area contributed by atoms with Crippen LogP contribution < -0.4 is 10.1 Å². The predicted molar refractivity (Wildman–Crippen MR) is 71.9 cm³/mol. The highest BCUT2D eigenvalue weighted by Gasteiger charge is 2.35. The Morgan fingerprint density at radius 3 is 2.67 bits per heavy atom. The Bertz CT molecular complexity index is 405. The Morgan fingerprint density at radius 1 is 1.39 bits per heavy atom. The Balaban J connectivity index is 1.88. The molecule has 1 fully saturated rings. The van der Waals surface area contributed by atoms with E-state index in [1.807, 2.05) is 24.3 Å². The van der Waals surface area contributed by atoms with Gasteiger partial charge in [0.2, 0.25) is 0 Å². The lowest BCUT2D eigenvalue weighted by Crippen LogP contribution is -2.30. The maximum absolute atomic E-state index is 12.2. The molecule has 1 aromatic carbocycles. The quantitative estimate of drug-likeness (QED) is 0.867. The molecule has 1 aliphatic rings. The van der Waals surface area contributed by atoms with Gasteiger partial charge in [-0.2, -0.15) is 0 Å². The van der Waals surface area contributed by atoms with Gasteiger partial charge in [0.25, 0.3) is 0 Å². The number of benzene rings is 1. The minimum absolute atomic E-state index is 0.146. The van der Waals surface area contributed by atoms with E-state index < -0.39 is 0 Å². The first-order valence-corrected chi connectivity index (χ1v) is 6.51. The molecular formula is C15H21NO2. The first-order valence-electron chi connectivity index (χ1n) is 6.51. The maximum Gasteiger partial charge on any atom is 0.140 e. The van der Waals surface area contributed by atoms with Gasteiger partial charge in [-0.15, -0.1) is 0 Å². The summed E-state index contributed by atoms with van der Waals surface area (Å²) in [6.07, 6.45) is 2.41. The SMILES string of the molecule is COc1ccc(CCC(=O)C2(C)CCNC2)cc1. The van der Waals surface area contributed by atoms with Crippen molar-refractivity contribution in [3.8, 4) is 5.75 Å². The number of ether oxygens (including phenoxy) is 1. The van der Waals surface area contributed by atoms with Crippen molar-refractivity contribution in [1.82, 2.24) is 5.32 Å². The van der Waals surface area contributed by atoms with Crippen LogP contribution in [0.1, 0.15) is 25.3 Å². The van der Waals surface area contributed by atoms with Crippen molar-refractivity contribution in [3.63, 3.8) is 0 Å². The highest BCUT2D eigenvalue weighted by Crippen LogP contribution is 2.27. The molecule has 1 aromatic rings. The second-order valence-corrected chi connectivity index (χ2v) is 5.26. The van der Waals surface area contributed by atoms with Crippen molar-refractivity contribution in [2.75, 3.05) is 20.2 Å². The molecule has 98 valence electrons. The lowest BCUT2D eigenvalue weighted by molar-refractivity contribution is -0.126. The van der Waals surface area contributed by atoms with Crippen molar-refractivity contribution in [3.05, 3.63) is 29.8 Å². The van der Waals surface area contributed by atoms with Gasteiger partial charge in [-0.3, -0.25) is 4.79 Å². The lowest BCUT2D eigenvalue weighted by atomic mass is 9.82. The lowest BCUT2D eigenvalue weighted by Gasteiger charge is -2.20. The highest BCUT2D eigenvalue weighted by molar-refractivity contribution is 5.85. The maximum atomic E-state index is 12.2. The van der Waals surface area contributed by atoms with Gasteiger partial charge in [-0.05, 0) is 37.1 Å². The zero-order valence-electron chi connectivity index (χ0n) is 11.2. The van der Waals surface area contributed by atoms with E-state index >= 15 is 0 Å². The summed E-state index contributed by atoms with van der Waals surface area (Å²) >= 11 is 0. The number of hydrogen-bond donors (Lipinski definition) is 1. The Labute approximate surface area is 109 Å². The second-order valence-electron chi connectivity index (χ2n) is 5.26. The van der Waals surface area contributed by atoms with E-state index in [4.69, 9.17) is 4.74 Å². The molecule has 3 nitrogen and oxygen atoms in total. The molecule has 1 aliphatic heterocycles. The fourth-order valence-electron chi connectivity index (χ4n) is 2.41. The number of Topliss-reactive ketones (excluding diaryl/α,β-unsaturated/α-hetero) is 1. The van der Waals surface area contributed by atoms with Gasteiger partial charge in [0.05, 0.1) is 7.11 Å². The fraction of sp³-hybridized carbons (Fsp3) is 0.533. The summed E-state index contributed by atoms with van der Waals surface area (Å²) in [5.74, 6) is 1.24. The smallest absolute Gasteiger partial charge is 0.140 e. The standard InChI is InChI=1S/C15H21NO2/c1-15(9-10-16-11-15)14(17)8-5-12-3-6-13(18-2)7-4-12/h3-4,6-7,16H,5,8-11H2,1-2H3. The molecule has 1 saturated heterocycles. The first-order chi connectivity index (χ1) is 8.64. The number of nitrogens with one attached hydrogen (secondary N) is 1. The number of carbonyl (C=O) groups excluding carboxylic acids is 1. The third-order valence-corrected chi connectivity index (χ3v) is 3.84. The summed E-state index contributed by atoms with van der Waals surface area (Å²) in [4.78, 5) is 12.2. The van der Waals surface area contributed by atoms with Gasteiger partial charge < -0.3 is 10.1 Å². The van der Waals surface area contributed by atoms with Gasteiger partial charge >= 0.3 is 0 Å². The first kappa shape index (κ1) is 13.1. The summed E-state index contributed by atoms with van der Waals surface area (Å²) in [6, 6.07) is 7.94. The van der Waals surface area contributed by atoms with E-state index in [2.05, 4.69) is 12.2 Å². The van der Waals surface area contributed by atoms with E-state index in [0.29, 0.717) is 12.2 Å². The Kier molecular flexibility index (Phi) is 4.02. The third kappa shape index (κ3) is 2.91. The van der Waals surface area contributed by atoms with Gasteiger partial charge in [0.15, 0.2) is 0 Å². The van der Waals surface area contributed by atoms with Crippen LogP contribution in [0.3, 0.4) is 0 Å². The fourth-order valence-corrected chi connectivity index (χ4v) is 2.41. The molecule has 18 heavy (non-hydrogen) atoms. The number of methoxy groups -OCH3 is 1. The third-order valence-electron chi connectivity index (χ3n) is 3.84. The van der Waals surface area contributed by atoms with Crippen LogP contribution in [0.5, 0.6) is 5.75 Å². The van der Waals surface area contributed by atoms with Gasteiger partial charge in [-0.25, -0.2) is 0 Å². The van der Waals surface area contributed by atoms with E-state index in [1.54, 1.807) is 7.11 Å². The van der Waals surface area contributed by atoms with Crippen molar-refractivity contribution in [1.29, 1.82) is 0 Å². The van der Waals surface area contributed by atoms with Gasteiger partial charge in [-0.1, -0.05) is 19.1 Å². The minimum atomic E-state index is -0.146. The average molecular weight is 247 g/mol. The molecule has 0 aliphatic carbocycles. The topological polar surface area (TPSA) is 38.3 Å². The molecule has 0 aromatic heterocycles. The van der Waals surface area contributed by atoms with Crippen molar-refractivity contribution in [2.24, 2.45) is 5.41 Å². The Morgan fingerprint density at radius 2 is 2.11 bits per heavy atom. The molecule has 0 spiro atoms. The molecule has 2 rings (SSSR count). The van der Waals surface area contributed by atoms with Crippen LogP contribution in [0.2, 0.25) is 0 Å². The van der Waals surface area contributed by atoms with Crippen molar-refractivity contribution >= 4 is 5.78 Å².